The molecule has 2 heterocycles. The number of anilines is 1. The van der Waals surface area contributed by atoms with E-state index < -0.39 is 5.97 Å². The van der Waals surface area contributed by atoms with Crippen LogP contribution in [0.25, 0.3) is 6.08 Å². The molecule has 1 aromatic heterocycles. The van der Waals surface area contributed by atoms with Gasteiger partial charge in [-0.2, -0.15) is 0 Å². The molecule has 0 aliphatic carbocycles. The average Bonchev–Trinajstić information content (AvgIpc) is 2.61. The zero-order valence-corrected chi connectivity index (χ0v) is 12.2. The van der Waals surface area contributed by atoms with Crippen molar-refractivity contribution in [3.05, 3.63) is 29.5 Å². The van der Waals surface area contributed by atoms with E-state index in [9.17, 15) is 4.79 Å². The third-order valence-corrected chi connectivity index (χ3v) is 3.82. The Morgan fingerprint density at radius 1 is 1.45 bits per heavy atom. The highest BCUT2D eigenvalue weighted by molar-refractivity contribution is 5.85. The van der Waals surface area contributed by atoms with Crippen molar-refractivity contribution in [2.24, 2.45) is 0 Å². The molecule has 1 aliphatic heterocycles. The van der Waals surface area contributed by atoms with Crippen molar-refractivity contribution in [1.29, 1.82) is 0 Å². The third kappa shape index (κ3) is 3.59. The Hall–Kier alpha value is -1.84. The van der Waals surface area contributed by atoms with E-state index in [1.807, 2.05) is 13.0 Å². The first kappa shape index (κ1) is 14.6. The monoisotopic (exact) mass is 274 g/mol. The highest BCUT2D eigenvalue weighted by atomic mass is 16.4. The quantitative estimate of drug-likeness (QED) is 0.860. The maximum absolute atomic E-state index is 10.5. The van der Waals surface area contributed by atoms with Crippen molar-refractivity contribution < 1.29 is 9.90 Å². The maximum atomic E-state index is 10.5. The Morgan fingerprint density at radius 3 is 2.95 bits per heavy atom. The van der Waals surface area contributed by atoms with Gasteiger partial charge in [-0.05, 0) is 50.0 Å². The van der Waals surface area contributed by atoms with Crippen LogP contribution in [0.15, 0.2) is 18.3 Å². The fourth-order valence-corrected chi connectivity index (χ4v) is 2.74. The maximum Gasteiger partial charge on any atom is 0.328 e. The van der Waals surface area contributed by atoms with Gasteiger partial charge in [-0.25, -0.2) is 9.78 Å². The van der Waals surface area contributed by atoms with Crippen LogP contribution in [0, 0.1) is 6.92 Å². The SMILES string of the molecule is Cc1cc(/C=C/C(=O)O)cnc1N1CCCCCC1C. The van der Waals surface area contributed by atoms with E-state index in [4.69, 9.17) is 5.11 Å². The fraction of sp³-hybridized carbons (Fsp3) is 0.500. The second-order valence-electron chi connectivity index (χ2n) is 5.47. The lowest BCUT2D eigenvalue weighted by Gasteiger charge is -2.29. The number of pyridine rings is 1. The summed E-state index contributed by atoms with van der Waals surface area (Å²) in [5, 5.41) is 8.65. The van der Waals surface area contributed by atoms with Crippen molar-refractivity contribution >= 4 is 17.9 Å². The molecule has 1 aromatic rings. The normalized spacial score (nSPS) is 20.1. The molecule has 0 saturated carbocycles. The molecule has 0 spiro atoms. The first-order valence-corrected chi connectivity index (χ1v) is 7.22. The molecule has 1 N–H and O–H groups in total. The molecule has 108 valence electrons. The summed E-state index contributed by atoms with van der Waals surface area (Å²) in [6.45, 7) is 5.35. The molecule has 4 nitrogen and oxygen atoms in total. The van der Waals surface area contributed by atoms with Gasteiger partial charge in [0.25, 0.3) is 0 Å². The largest absolute Gasteiger partial charge is 0.478 e. The molecule has 2 rings (SSSR count). The molecule has 0 bridgehead atoms. The zero-order valence-electron chi connectivity index (χ0n) is 12.2. The molecule has 0 aromatic carbocycles. The molecular formula is C16H22N2O2. The molecular weight excluding hydrogens is 252 g/mol. The smallest absolute Gasteiger partial charge is 0.328 e. The van der Waals surface area contributed by atoms with Crippen molar-refractivity contribution in [2.45, 2.75) is 45.6 Å². The van der Waals surface area contributed by atoms with Gasteiger partial charge in [0.15, 0.2) is 0 Å². The number of carboxylic acid groups (broad SMARTS) is 1. The van der Waals surface area contributed by atoms with Gasteiger partial charge in [0.1, 0.15) is 5.82 Å². The van der Waals surface area contributed by atoms with Crippen LogP contribution >= 0.6 is 0 Å². The number of hydrogen-bond donors (Lipinski definition) is 1. The van der Waals surface area contributed by atoms with Gasteiger partial charge in [-0.15, -0.1) is 0 Å². The van der Waals surface area contributed by atoms with Gasteiger partial charge < -0.3 is 10.0 Å². The van der Waals surface area contributed by atoms with Crippen LogP contribution in [-0.2, 0) is 4.79 Å². The van der Waals surface area contributed by atoms with Gasteiger partial charge in [-0.1, -0.05) is 12.8 Å². The lowest BCUT2D eigenvalue weighted by molar-refractivity contribution is -0.131. The number of carboxylic acids is 1. The molecule has 1 saturated heterocycles. The number of aromatic nitrogens is 1. The molecule has 4 heteroatoms. The molecule has 20 heavy (non-hydrogen) atoms. The summed E-state index contributed by atoms with van der Waals surface area (Å²) < 4.78 is 0. The van der Waals surface area contributed by atoms with Gasteiger partial charge in [0, 0.05) is 24.9 Å². The standard InChI is InChI=1S/C16H22N2O2/c1-12-10-14(7-8-15(19)20)11-17-16(12)18-9-5-3-4-6-13(18)2/h7-8,10-11,13H,3-6,9H2,1-2H3,(H,19,20)/b8-7+. The molecule has 0 amide bonds. The summed E-state index contributed by atoms with van der Waals surface area (Å²) in [5.41, 5.74) is 1.93. The van der Waals surface area contributed by atoms with Crippen molar-refractivity contribution in [2.75, 3.05) is 11.4 Å². The molecule has 1 atom stereocenters. The summed E-state index contributed by atoms with van der Waals surface area (Å²) in [6.07, 6.45) is 9.48. The minimum absolute atomic E-state index is 0.518. The molecule has 1 aliphatic rings. The Bertz CT molecular complexity index is 511. The van der Waals surface area contributed by atoms with E-state index >= 15 is 0 Å². The first-order valence-electron chi connectivity index (χ1n) is 7.22. The fourth-order valence-electron chi connectivity index (χ4n) is 2.74. The van der Waals surface area contributed by atoms with Gasteiger partial charge in [0.2, 0.25) is 0 Å². The topological polar surface area (TPSA) is 53.4 Å². The second-order valence-corrected chi connectivity index (χ2v) is 5.47. The van der Waals surface area contributed by atoms with Crippen LogP contribution in [0.1, 0.15) is 43.7 Å². The van der Waals surface area contributed by atoms with Gasteiger partial charge in [-0.3, -0.25) is 0 Å². The summed E-state index contributed by atoms with van der Waals surface area (Å²) in [4.78, 5) is 17.5. The molecule has 1 fully saturated rings. The summed E-state index contributed by atoms with van der Waals surface area (Å²) >= 11 is 0. The van der Waals surface area contributed by atoms with E-state index in [2.05, 4.69) is 16.8 Å². The van der Waals surface area contributed by atoms with E-state index in [1.54, 1.807) is 12.3 Å². The lowest BCUT2D eigenvalue weighted by Crippen LogP contribution is -2.33. The van der Waals surface area contributed by atoms with E-state index in [0.717, 1.165) is 29.6 Å². The first-order chi connectivity index (χ1) is 9.58. The zero-order chi connectivity index (χ0) is 14.5. The molecule has 0 radical (unpaired) electrons. The summed E-state index contributed by atoms with van der Waals surface area (Å²) in [5.74, 6) is 0.0970. The Morgan fingerprint density at radius 2 is 2.25 bits per heavy atom. The van der Waals surface area contributed by atoms with Crippen LogP contribution < -0.4 is 4.90 Å². The minimum atomic E-state index is -0.937. The van der Waals surface area contributed by atoms with Crippen LogP contribution in [0.2, 0.25) is 0 Å². The number of rotatable bonds is 3. The predicted molar refractivity (Wildman–Crippen MR) is 80.9 cm³/mol. The summed E-state index contributed by atoms with van der Waals surface area (Å²) in [7, 11) is 0. The Balaban J connectivity index is 2.22. The van der Waals surface area contributed by atoms with Crippen molar-refractivity contribution in [1.82, 2.24) is 4.98 Å². The number of aliphatic carboxylic acids is 1. The Kier molecular flexibility index (Phi) is 4.77. The third-order valence-electron chi connectivity index (χ3n) is 3.82. The van der Waals surface area contributed by atoms with Gasteiger partial charge >= 0.3 is 5.97 Å². The summed E-state index contributed by atoms with van der Waals surface area (Å²) in [6, 6.07) is 2.52. The second kappa shape index (κ2) is 6.55. The van der Waals surface area contributed by atoms with Crippen LogP contribution in [-0.4, -0.2) is 28.6 Å². The minimum Gasteiger partial charge on any atom is -0.478 e. The lowest BCUT2D eigenvalue weighted by atomic mass is 10.1. The van der Waals surface area contributed by atoms with E-state index in [0.29, 0.717) is 6.04 Å². The van der Waals surface area contributed by atoms with Gasteiger partial charge in [0.05, 0.1) is 0 Å². The van der Waals surface area contributed by atoms with E-state index in [1.165, 1.54) is 25.7 Å². The van der Waals surface area contributed by atoms with E-state index in [-0.39, 0.29) is 0 Å². The van der Waals surface area contributed by atoms with Crippen LogP contribution in [0.5, 0.6) is 0 Å². The Labute approximate surface area is 120 Å². The van der Waals surface area contributed by atoms with Crippen LogP contribution in [0.4, 0.5) is 5.82 Å². The predicted octanol–water partition coefficient (Wildman–Crippen LogP) is 3.26. The highest BCUT2D eigenvalue weighted by Gasteiger charge is 2.19. The number of hydrogen-bond acceptors (Lipinski definition) is 3. The average molecular weight is 274 g/mol. The number of aryl methyl sites for hydroxylation is 1. The van der Waals surface area contributed by atoms with Crippen molar-refractivity contribution in [3.8, 4) is 0 Å². The number of carbonyl (C=O) groups is 1. The highest BCUT2D eigenvalue weighted by Crippen LogP contribution is 2.25. The van der Waals surface area contributed by atoms with Crippen molar-refractivity contribution in [3.63, 3.8) is 0 Å². The van der Waals surface area contributed by atoms with Crippen LogP contribution in [0.3, 0.4) is 0 Å². The molecule has 1 unspecified atom stereocenters. The number of nitrogens with zero attached hydrogens (tertiary/aromatic N) is 2.